The van der Waals surface area contributed by atoms with Crippen molar-refractivity contribution in [3.05, 3.63) is 57.0 Å². The summed E-state index contributed by atoms with van der Waals surface area (Å²) in [5.74, 6) is 0.530. The van der Waals surface area contributed by atoms with E-state index in [2.05, 4.69) is 0 Å². The van der Waals surface area contributed by atoms with Crippen LogP contribution in [0.15, 0.2) is 40.0 Å². The van der Waals surface area contributed by atoms with Crippen molar-refractivity contribution >= 4 is 21.6 Å². The van der Waals surface area contributed by atoms with Crippen molar-refractivity contribution in [2.75, 3.05) is 13.1 Å². The third kappa shape index (κ3) is 4.20. The van der Waals surface area contributed by atoms with Crippen LogP contribution in [0.25, 0.3) is 0 Å². The van der Waals surface area contributed by atoms with Gasteiger partial charge in [-0.25, -0.2) is 8.42 Å². The number of pyridine rings is 1. The molecule has 1 aromatic heterocycles. The highest BCUT2D eigenvalue weighted by Crippen LogP contribution is 2.26. The molecule has 0 N–H and O–H groups in total. The Kier molecular flexibility index (Phi) is 5.65. The van der Waals surface area contributed by atoms with E-state index in [9.17, 15) is 13.2 Å². The average molecular weight is 411 g/mol. The van der Waals surface area contributed by atoms with Crippen LogP contribution in [0.1, 0.15) is 24.1 Å². The van der Waals surface area contributed by atoms with Gasteiger partial charge in [-0.1, -0.05) is 17.7 Å². The lowest BCUT2D eigenvalue weighted by molar-refractivity contribution is 0.134. The Morgan fingerprint density at radius 3 is 2.37 bits per heavy atom. The first-order valence-corrected chi connectivity index (χ1v) is 10.6. The van der Waals surface area contributed by atoms with Crippen LogP contribution in [0.4, 0.5) is 0 Å². The zero-order chi connectivity index (χ0) is 19.8. The molecule has 2 heterocycles. The largest absolute Gasteiger partial charge is 0.490 e. The van der Waals surface area contributed by atoms with Crippen molar-refractivity contribution in [1.82, 2.24) is 8.87 Å². The van der Waals surface area contributed by atoms with Crippen LogP contribution >= 0.6 is 11.6 Å². The van der Waals surface area contributed by atoms with Crippen LogP contribution in [-0.4, -0.2) is 36.5 Å². The molecule has 0 atom stereocenters. The Hall–Kier alpha value is -1.83. The first-order chi connectivity index (χ1) is 12.7. The fourth-order valence-corrected chi connectivity index (χ4v) is 4.81. The molecule has 8 heteroatoms. The third-order valence-corrected chi connectivity index (χ3v) is 7.26. The summed E-state index contributed by atoms with van der Waals surface area (Å²) in [5, 5.41) is 0.440. The molecule has 1 aliphatic heterocycles. The lowest BCUT2D eigenvalue weighted by Gasteiger charge is -2.31. The number of aryl methyl sites for hydroxylation is 2. The topological polar surface area (TPSA) is 68.6 Å². The molecular weight excluding hydrogens is 388 g/mol. The number of sulfonamides is 1. The van der Waals surface area contributed by atoms with Crippen LogP contribution in [0.5, 0.6) is 5.75 Å². The summed E-state index contributed by atoms with van der Waals surface area (Å²) < 4.78 is 34.6. The standard InChI is InChI=1S/C19H23ClN2O4S/c1-13-4-5-17(12-18(13)20)27(24,25)22-8-6-15(7-9-22)26-16-10-14(2)21(3)19(23)11-16/h4-5,10-12,15H,6-9H2,1-3H3. The van der Waals surface area contributed by atoms with Crippen LogP contribution in [0.3, 0.4) is 0 Å². The van der Waals surface area contributed by atoms with Crippen molar-refractivity contribution in [1.29, 1.82) is 0 Å². The number of benzene rings is 1. The highest BCUT2D eigenvalue weighted by Gasteiger charge is 2.30. The summed E-state index contributed by atoms with van der Waals surface area (Å²) in [6, 6.07) is 8.07. The fourth-order valence-electron chi connectivity index (χ4n) is 3.07. The van der Waals surface area contributed by atoms with E-state index >= 15 is 0 Å². The van der Waals surface area contributed by atoms with Crippen molar-refractivity contribution in [3.63, 3.8) is 0 Å². The van der Waals surface area contributed by atoms with Gasteiger partial charge in [-0.3, -0.25) is 4.79 Å². The van der Waals surface area contributed by atoms with Crippen LogP contribution < -0.4 is 10.3 Å². The lowest BCUT2D eigenvalue weighted by atomic mass is 10.1. The molecule has 0 bridgehead atoms. The van der Waals surface area contributed by atoms with Crippen molar-refractivity contribution in [3.8, 4) is 5.75 Å². The van der Waals surface area contributed by atoms with E-state index in [1.54, 1.807) is 23.7 Å². The number of hydrogen-bond acceptors (Lipinski definition) is 4. The molecular formula is C19H23ClN2O4S. The predicted octanol–water partition coefficient (Wildman–Crippen LogP) is 2.89. The molecule has 0 radical (unpaired) electrons. The number of hydrogen-bond donors (Lipinski definition) is 0. The summed E-state index contributed by atoms with van der Waals surface area (Å²) >= 11 is 6.08. The van der Waals surface area contributed by atoms with Gasteiger partial charge < -0.3 is 9.30 Å². The fraction of sp³-hybridized carbons (Fsp3) is 0.421. The Balaban J connectivity index is 1.68. The van der Waals surface area contributed by atoms with Gasteiger partial charge in [0.2, 0.25) is 10.0 Å². The monoisotopic (exact) mass is 410 g/mol. The maximum atomic E-state index is 12.8. The van der Waals surface area contributed by atoms with Gasteiger partial charge in [-0.2, -0.15) is 4.31 Å². The van der Waals surface area contributed by atoms with Crippen molar-refractivity contribution < 1.29 is 13.2 Å². The molecule has 2 aromatic rings. The second-order valence-corrected chi connectivity index (χ2v) is 9.21. The zero-order valence-corrected chi connectivity index (χ0v) is 17.2. The van der Waals surface area contributed by atoms with Gasteiger partial charge in [-0.05, 0) is 50.5 Å². The quantitative estimate of drug-likeness (QED) is 0.777. The van der Waals surface area contributed by atoms with Gasteiger partial charge in [-0.15, -0.1) is 0 Å². The van der Waals surface area contributed by atoms with E-state index in [1.807, 2.05) is 19.9 Å². The molecule has 0 saturated carbocycles. The molecule has 1 aliphatic rings. The Morgan fingerprint density at radius 2 is 1.78 bits per heavy atom. The average Bonchev–Trinajstić information content (AvgIpc) is 2.62. The summed E-state index contributed by atoms with van der Waals surface area (Å²) in [6.07, 6.45) is 1.00. The molecule has 0 unspecified atom stereocenters. The van der Waals surface area contributed by atoms with Crippen molar-refractivity contribution in [2.24, 2.45) is 7.05 Å². The maximum absolute atomic E-state index is 12.8. The Morgan fingerprint density at radius 1 is 1.11 bits per heavy atom. The van der Waals surface area contributed by atoms with Crippen molar-refractivity contribution in [2.45, 2.75) is 37.7 Å². The predicted molar refractivity (Wildman–Crippen MR) is 105 cm³/mol. The van der Waals surface area contributed by atoms with Crippen LogP contribution in [0.2, 0.25) is 5.02 Å². The highest BCUT2D eigenvalue weighted by molar-refractivity contribution is 7.89. The van der Waals surface area contributed by atoms with E-state index in [0.717, 1.165) is 11.3 Å². The number of rotatable bonds is 4. The van der Waals surface area contributed by atoms with E-state index in [0.29, 0.717) is 36.7 Å². The van der Waals surface area contributed by atoms with E-state index in [-0.39, 0.29) is 16.6 Å². The molecule has 27 heavy (non-hydrogen) atoms. The van der Waals surface area contributed by atoms with E-state index < -0.39 is 10.0 Å². The minimum absolute atomic E-state index is 0.121. The first kappa shape index (κ1) is 19.9. The number of nitrogens with zero attached hydrogens (tertiary/aromatic N) is 2. The Labute approximate surface area is 164 Å². The summed E-state index contributed by atoms with van der Waals surface area (Å²) in [6.45, 7) is 4.40. The number of halogens is 1. The third-order valence-electron chi connectivity index (χ3n) is 4.96. The molecule has 6 nitrogen and oxygen atoms in total. The molecule has 1 saturated heterocycles. The van der Waals surface area contributed by atoms with Crippen LogP contribution in [0, 0.1) is 13.8 Å². The number of aromatic nitrogens is 1. The number of ether oxygens (including phenoxy) is 1. The number of piperidine rings is 1. The molecule has 0 amide bonds. The highest BCUT2D eigenvalue weighted by atomic mass is 35.5. The molecule has 0 spiro atoms. The van der Waals surface area contributed by atoms with Crippen LogP contribution in [-0.2, 0) is 17.1 Å². The van der Waals surface area contributed by atoms with Gasteiger partial charge in [0.15, 0.2) is 0 Å². The lowest BCUT2D eigenvalue weighted by Crippen LogP contribution is -2.41. The zero-order valence-electron chi connectivity index (χ0n) is 15.6. The first-order valence-electron chi connectivity index (χ1n) is 8.79. The van der Waals surface area contributed by atoms with E-state index in [4.69, 9.17) is 16.3 Å². The molecule has 1 aromatic carbocycles. The van der Waals surface area contributed by atoms with Gasteiger partial charge in [0.25, 0.3) is 5.56 Å². The summed E-state index contributed by atoms with van der Waals surface area (Å²) in [7, 11) is -1.87. The Bertz CT molecular complexity index is 1010. The normalized spacial score (nSPS) is 16.4. The molecule has 0 aliphatic carbocycles. The van der Waals surface area contributed by atoms with Gasteiger partial charge >= 0.3 is 0 Å². The van der Waals surface area contributed by atoms with Gasteiger partial charge in [0, 0.05) is 36.9 Å². The molecule has 1 fully saturated rings. The minimum Gasteiger partial charge on any atom is -0.490 e. The molecule has 146 valence electrons. The smallest absolute Gasteiger partial charge is 0.254 e. The van der Waals surface area contributed by atoms with Gasteiger partial charge in [0.05, 0.1) is 4.90 Å². The van der Waals surface area contributed by atoms with Gasteiger partial charge in [0.1, 0.15) is 11.9 Å². The van der Waals surface area contributed by atoms with E-state index in [1.165, 1.54) is 16.4 Å². The molecule has 3 rings (SSSR count). The second kappa shape index (κ2) is 7.66. The maximum Gasteiger partial charge on any atom is 0.254 e. The summed E-state index contributed by atoms with van der Waals surface area (Å²) in [4.78, 5) is 12.1. The minimum atomic E-state index is -3.58. The summed E-state index contributed by atoms with van der Waals surface area (Å²) in [5.41, 5.74) is 1.53. The SMILES string of the molecule is Cc1ccc(S(=O)(=O)N2CCC(Oc3cc(C)n(C)c(=O)c3)CC2)cc1Cl. The second-order valence-electron chi connectivity index (χ2n) is 6.86.